The van der Waals surface area contributed by atoms with Gasteiger partial charge in [-0.15, -0.1) is 0 Å². The van der Waals surface area contributed by atoms with Gasteiger partial charge in [0, 0.05) is 6.42 Å². The van der Waals surface area contributed by atoms with Gasteiger partial charge in [0.2, 0.25) is 5.91 Å². The van der Waals surface area contributed by atoms with E-state index in [0.717, 1.165) is 89.9 Å². The molecule has 3 rings (SSSR count). The largest absolute Gasteiger partial charge is 0.394 e. The summed E-state index contributed by atoms with van der Waals surface area (Å²) in [6.07, 6.45) is 41.5. The average Bonchev–Trinajstić information content (AvgIpc) is 1.48. The minimum Gasteiger partial charge on any atom is -0.394 e. The molecule has 3 aliphatic heterocycles. The van der Waals surface area contributed by atoms with Gasteiger partial charge in [0.25, 0.3) is 0 Å². The quantitative estimate of drug-likeness (QED) is 0.0199. The number of allylic oxidation sites excluding steroid dienone is 10. The van der Waals surface area contributed by atoms with Gasteiger partial charge >= 0.3 is 0 Å². The van der Waals surface area contributed by atoms with E-state index < -0.39 is 124 Å². The molecule has 19 nitrogen and oxygen atoms in total. The van der Waals surface area contributed by atoms with Gasteiger partial charge in [0.15, 0.2) is 18.9 Å². The molecular weight excluding hydrogens is 1190 g/mol. The molecule has 19 heteroatoms. The number of rotatable bonds is 57. The van der Waals surface area contributed by atoms with Crippen molar-refractivity contribution in [3.05, 3.63) is 60.8 Å². The predicted molar refractivity (Wildman–Crippen MR) is 365 cm³/mol. The van der Waals surface area contributed by atoms with Crippen LogP contribution in [-0.2, 0) is 33.2 Å². The van der Waals surface area contributed by atoms with Crippen molar-refractivity contribution in [1.82, 2.24) is 5.32 Å². The highest BCUT2D eigenvalue weighted by Gasteiger charge is 2.53. The maximum Gasteiger partial charge on any atom is 0.220 e. The molecule has 0 aromatic rings. The van der Waals surface area contributed by atoms with Crippen LogP contribution in [0.3, 0.4) is 0 Å². The Hall–Kier alpha value is -2.51. The first-order valence-corrected chi connectivity index (χ1v) is 37.0. The molecule has 1 amide bonds. The Labute approximate surface area is 560 Å². The highest BCUT2D eigenvalue weighted by molar-refractivity contribution is 5.76. The molecule has 0 aliphatic carbocycles. The number of ether oxygens (including phenoxy) is 6. The first kappa shape index (κ1) is 84.7. The molecule has 17 unspecified atom stereocenters. The Kier molecular flexibility index (Phi) is 50.4. The van der Waals surface area contributed by atoms with E-state index in [1.165, 1.54) is 148 Å². The van der Waals surface area contributed by atoms with Crippen molar-refractivity contribution in [2.45, 2.75) is 375 Å². The Morgan fingerprint density at radius 1 is 0.398 bits per heavy atom. The maximum atomic E-state index is 13.4. The third-order valence-electron chi connectivity index (χ3n) is 18.4. The van der Waals surface area contributed by atoms with Crippen LogP contribution in [0.25, 0.3) is 0 Å². The number of nitrogens with one attached hydrogen (secondary N) is 1. The van der Waals surface area contributed by atoms with Crippen molar-refractivity contribution in [1.29, 1.82) is 0 Å². The van der Waals surface area contributed by atoms with Crippen LogP contribution in [-0.4, -0.2) is 193 Å². The minimum absolute atomic E-state index is 0.242. The van der Waals surface area contributed by atoms with Crippen LogP contribution >= 0.6 is 0 Å². The minimum atomic E-state index is -1.98. The summed E-state index contributed by atoms with van der Waals surface area (Å²) in [4.78, 5) is 13.4. The zero-order valence-electron chi connectivity index (χ0n) is 57.5. The van der Waals surface area contributed by atoms with Crippen LogP contribution in [0.5, 0.6) is 0 Å². The van der Waals surface area contributed by atoms with Gasteiger partial charge in [-0.25, -0.2) is 0 Å². The third-order valence-corrected chi connectivity index (χ3v) is 18.4. The molecule has 3 saturated heterocycles. The van der Waals surface area contributed by atoms with Crippen molar-refractivity contribution in [2.75, 3.05) is 26.4 Å². The summed E-state index contributed by atoms with van der Waals surface area (Å²) in [6, 6.07) is -0.902. The highest BCUT2D eigenvalue weighted by atomic mass is 16.8. The van der Waals surface area contributed by atoms with Crippen molar-refractivity contribution in [3.8, 4) is 0 Å². The van der Waals surface area contributed by atoms with Gasteiger partial charge in [-0.3, -0.25) is 4.79 Å². The van der Waals surface area contributed by atoms with Crippen LogP contribution in [0.2, 0.25) is 0 Å². The Morgan fingerprint density at radius 2 is 0.742 bits per heavy atom. The second kappa shape index (κ2) is 55.4. The number of unbranched alkanes of at least 4 members (excludes halogenated alkanes) is 31. The molecule has 0 radical (unpaired) electrons. The Bertz CT molecular complexity index is 1920. The van der Waals surface area contributed by atoms with E-state index in [-0.39, 0.29) is 18.9 Å². The number of aliphatic hydroxyl groups is 11. The Balaban J connectivity index is 1.41. The van der Waals surface area contributed by atoms with Gasteiger partial charge in [-0.2, -0.15) is 0 Å². The molecule has 12 N–H and O–H groups in total. The van der Waals surface area contributed by atoms with Gasteiger partial charge in [0.05, 0.1) is 38.6 Å². The molecule has 542 valence electrons. The number of carbonyl (C=O) groups is 1. The van der Waals surface area contributed by atoms with Gasteiger partial charge < -0.3 is 89.9 Å². The van der Waals surface area contributed by atoms with Crippen molar-refractivity contribution in [3.63, 3.8) is 0 Å². The Morgan fingerprint density at radius 3 is 1.16 bits per heavy atom. The summed E-state index contributed by atoms with van der Waals surface area (Å²) in [6.45, 7) is 1.69. The fraction of sp³-hybridized carbons (Fsp3) is 0.851. The van der Waals surface area contributed by atoms with E-state index in [9.17, 15) is 61.0 Å². The lowest BCUT2D eigenvalue weighted by Gasteiger charge is -2.48. The summed E-state index contributed by atoms with van der Waals surface area (Å²) < 4.78 is 34.5. The summed E-state index contributed by atoms with van der Waals surface area (Å²) in [7, 11) is 0. The van der Waals surface area contributed by atoms with Gasteiger partial charge in [-0.1, -0.05) is 267 Å². The molecule has 3 heterocycles. The van der Waals surface area contributed by atoms with E-state index in [1.54, 1.807) is 0 Å². The third kappa shape index (κ3) is 36.8. The molecule has 0 saturated carbocycles. The molecule has 3 fully saturated rings. The van der Waals surface area contributed by atoms with Crippen LogP contribution in [0.1, 0.15) is 271 Å². The van der Waals surface area contributed by atoms with E-state index in [4.69, 9.17) is 28.4 Å². The lowest BCUT2D eigenvalue weighted by molar-refractivity contribution is -0.379. The lowest BCUT2D eigenvalue weighted by Crippen LogP contribution is -2.66. The van der Waals surface area contributed by atoms with Crippen LogP contribution in [0.15, 0.2) is 60.8 Å². The second-order valence-corrected chi connectivity index (χ2v) is 26.4. The first-order valence-electron chi connectivity index (χ1n) is 37.0. The number of aliphatic hydroxyl groups excluding tert-OH is 11. The molecule has 17 atom stereocenters. The first-order chi connectivity index (χ1) is 45.3. The molecule has 3 aliphatic rings. The summed E-state index contributed by atoms with van der Waals surface area (Å²) >= 11 is 0. The van der Waals surface area contributed by atoms with Gasteiger partial charge in [0.1, 0.15) is 73.2 Å². The van der Waals surface area contributed by atoms with Gasteiger partial charge in [-0.05, 0) is 57.8 Å². The topological polar surface area (TPSA) is 307 Å². The second-order valence-electron chi connectivity index (χ2n) is 26.4. The number of carbonyl (C=O) groups excluding carboxylic acids is 1. The molecule has 0 spiro atoms. The standard InChI is InChI=1S/C74H133NO18/c1-3-5-7-9-11-13-15-17-19-21-23-25-26-27-28-29-30-32-33-35-37-39-41-43-45-47-49-51-58(79)57(75-62(80)52-50-48-46-44-42-40-38-36-34-31-24-22-20-18-16-14-12-10-8-6-4-2)56-88-72-68(86)65(83)70(60(54-77)90-72)93-74-69(87)66(84)71(61(55-78)91-74)92-73-67(85)64(82)63(81)59(53-76)89-73/h6,8,12,14,18,20,24,31,36,38,57-61,63-74,76-79,81-87H,3-5,7,9-11,13,15-17,19,21-23,25-30,32-35,37,39-56H2,1-2H3,(H,75,80)/b8-6-,14-12-,20-18-,31-24-,38-36-. The highest BCUT2D eigenvalue weighted by Crippen LogP contribution is 2.33. The number of amides is 1. The van der Waals surface area contributed by atoms with E-state index in [2.05, 4.69) is 79.9 Å². The number of hydrogen-bond donors (Lipinski definition) is 12. The monoisotopic (exact) mass is 1320 g/mol. The number of hydrogen-bond acceptors (Lipinski definition) is 18. The fourth-order valence-electron chi connectivity index (χ4n) is 12.4. The van der Waals surface area contributed by atoms with Crippen LogP contribution in [0.4, 0.5) is 0 Å². The summed E-state index contributed by atoms with van der Waals surface area (Å²) in [5, 5.41) is 121. The SMILES string of the molecule is CC/C=C\C/C=C\C/C=C\C/C=C\C/C=C\CCCCCCCC(=O)NC(COC1OC(CO)C(OC2OC(CO)C(OC3OC(CO)C(O)C(O)C3O)C(O)C2O)C(O)C1O)C(O)CCCCCCCCCCCCCCCCCCCCCCCCCCCCC. The van der Waals surface area contributed by atoms with Crippen molar-refractivity contribution >= 4 is 5.91 Å². The van der Waals surface area contributed by atoms with Crippen LogP contribution in [0, 0.1) is 0 Å². The maximum absolute atomic E-state index is 13.4. The molecule has 0 bridgehead atoms. The molecule has 0 aromatic carbocycles. The van der Waals surface area contributed by atoms with E-state index >= 15 is 0 Å². The molecule has 93 heavy (non-hydrogen) atoms. The predicted octanol–water partition coefficient (Wildman–Crippen LogP) is 10.7. The van der Waals surface area contributed by atoms with Crippen molar-refractivity contribution in [2.24, 2.45) is 0 Å². The molecule has 0 aromatic heterocycles. The molecular formula is C74H133NO18. The average molecular weight is 1320 g/mol. The fourth-order valence-corrected chi connectivity index (χ4v) is 12.4. The normalized spacial score (nSPS) is 27.9. The van der Waals surface area contributed by atoms with Crippen molar-refractivity contribution < 1.29 is 89.4 Å². The smallest absolute Gasteiger partial charge is 0.220 e. The lowest BCUT2D eigenvalue weighted by atomic mass is 9.96. The zero-order chi connectivity index (χ0) is 67.5. The van der Waals surface area contributed by atoms with Crippen LogP contribution < -0.4 is 5.32 Å². The van der Waals surface area contributed by atoms with E-state index in [0.29, 0.717) is 12.8 Å². The van der Waals surface area contributed by atoms with E-state index in [1.807, 2.05) is 0 Å². The zero-order valence-corrected chi connectivity index (χ0v) is 57.5. The summed E-state index contributed by atoms with van der Waals surface area (Å²) in [5.41, 5.74) is 0. The summed E-state index contributed by atoms with van der Waals surface area (Å²) in [5.74, 6) is -0.260.